The van der Waals surface area contributed by atoms with Gasteiger partial charge >= 0.3 is 0 Å². The SMILES string of the molecule is CC1(CNc2ccc([N+](=O)[O-])c(S(C)(=O)=O)c2)CCCS1. The lowest BCUT2D eigenvalue weighted by molar-refractivity contribution is -0.387. The molecule has 8 heteroatoms. The molecule has 1 aromatic carbocycles. The standard InChI is InChI=1S/C13H18N2O4S2/c1-13(6-3-7-20-13)9-14-10-4-5-11(15(16)17)12(8-10)21(2,18)19/h4-5,8,14H,3,6-7,9H2,1-2H3. The van der Waals surface area contributed by atoms with E-state index in [-0.39, 0.29) is 15.3 Å². The lowest BCUT2D eigenvalue weighted by atomic mass is 10.1. The van der Waals surface area contributed by atoms with Gasteiger partial charge in [-0.1, -0.05) is 0 Å². The lowest BCUT2D eigenvalue weighted by Gasteiger charge is -2.23. The van der Waals surface area contributed by atoms with Crippen molar-refractivity contribution in [3.8, 4) is 0 Å². The summed E-state index contributed by atoms with van der Waals surface area (Å²) in [5.74, 6) is 1.13. The van der Waals surface area contributed by atoms with Crippen LogP contribution in [0.2, 0.25) is 0 Å². The molecule has 0 spiro atoms. The van der Waals surface area contributed by atoms with Crippen LogP contribution >= 0.6 is 11.8 Å². The fourth-order valence-electron chi connectivity index (χ4n) is 2.34. The third-order valence-corrected chi connectivity index (χ3v) is 6.19. The summed E-state index contributed by atoms with van der Waals surface area (Å²) in [6.07, 6.45) is 3.27. The Balaban J connectivity index is 2.24. The summed E-state index contributed by atoms with van der Waals surface area (Å²) in [7, 11) is -3.64. The van der Waals surface area contributed by atoms with E-state index in [1.807, 2.05) is 11.8 Å². The normalized spacial score (nSPS) is 22.2. The summed E-state index contributed by atoms with van der Waals surface area (Å²) in [5.41, 5.74) is 0.208. The highest BCUT2D eigenvalue weighted by Crippen LogP contribution is 2.38. The molecule has 1 aromatic rings. The summed E-state index contributed by atoms with van der Waals surface area (Å²) in [4.78, 5) is 9.99. The van der Waals surface area contributed by atoms with Gasteiger partial charge in [0.1, 0.15) is 4.90 Å². The van der Waals surface area contributed by atoms with Crippen molar-refractivity contribution in [1.29, 1.82) is 0 Å². The zero-order valence-corrected chi connectivity index (χ0v) is 13.6. The number of nitro benzene ring substituents is 1. The average molecular weight is 330 g/mol. The number of hydrogen-bond donors (Lipinski definition) is 1. The third kappa shape index (κ3) is 3.88. The number of rotatable bonds is 5. The van der Waals surface area contributed by atoms with Crippen LogP contribution in [0.15, 0.2) is 23.1 Å². The Morgan fingerprint density at radius 3 is 2.71 bits per heavy atom. The van der Waals surface area contributed by atoms with Crippen LogP contribution in [0.1, 0.15) is 19.8 Å². The molecule has 1 fully saturated rings. The van der Waals surface area contributed by atoms with Gasteiger partial charge in [-0.25, -0.2) is 8.42 Å². The number of hydrogen-bond acceptors (Lipinski definition) is 6. The molecule has 1 atom stereocenters. The van der Waals surface area contributed by atoms with Crippen molar-refractivity contribution in [2.75, 3.05) is 23.9 Å². The first-order chi connectivity index (χ1) is 9.71. The predicted octanol–water partition coefficient (Wildman–Crippen LogP) is 2.70. The highest BCUT2D eigenvalue weighted by Gasteiger charge is 2.29. The van der Waals surface area contributed by atoms with E-state index in [0.29, 0.717) is 12.2 Å². The van der Waals surface area contributed by atoms with Gasteiger partial charge in [-0.3, -0.25) is 10.1 Å². The molecule has 0 radical (unpaired) electrons. The second kappa shape index (κ2) is 5.84. The van der Waals surface area contributed by atoms with Gasteiger partial charge in [-0.15, -0.1) is 0 Å². The van der Waals surface area contributed by atoms with Gasteiger partial charge in [0.2, 0.25) is 0 Å². The van der Waals surface area contributed by atoms with E-state index >= 15 is 0 Å². The zero-order chi connectivity index (χ0) is 15.7. The van der Waals surface area contributed by atoms with Crippen LogP contribution in [-0.4, -0.2) is 36.6 Å². The van der Waals surface area contributed by atoms with Gasteiger partial charge < -0.3 is 5.32 Å². The molecule has 1 unspecified atom stereocenters. The smallest absolute Gasteiger partial charge is 0.288 e. The second-order valence-corrected chi connectivity index (χ2v) is 9.13. The fourth-order valence-corrected chi connectivity index (χ4v) is 4.45. The van der Waals surface area contributed by atoms with Crippen molar-refractivity contribution in [1.82, 2.24) is 0 Å². The minimum atomic E-state index is -3.64. The first kappa shape index (κ1) is 16.1. The fraction of sp³-hybridized carbons (Fsp3) is 0.538. The van der Waals surface area contributed by atoms with Gasteiger partial charge in [0, 0.05) is 29.3 Å². The lowest BCUT2D eigenvalue weighted by Crippen LogP contribution is -2.27. The molecule has 0 aliphatic carbocycles. The average Bonchev–Trinajstić information content (AvgIpc) is 2.82. The van der Waals surface area contributed by atoms with Gasteiger partial charge in [0.25, 0.3) is 5.69 Å². The van der Waals surface area contributed by atoms with Crippen molar-refractivity contribution < 1.29 is 13.3 Å². The van der Waals surface area contributed by atoms with Crippen molar-refractivity contribution >= 4 is 33.0 Å². The van der Waals surface area contributed by atoms with Gasteiger partial charge in [-0.2, -0.15) is 11.8 Å². The molecule has 116 valence electrons. The number of nitrogens with zero attached hydrogens (tertiary/aromatic N) is 1. The molecule has 1 aliphatic rings. The molecule has 6 nitrogen and oxygen atoms in total. The Morgan fingerprint density at radius 2 is 2.19 bits per heavy atom. The Labute approximate surface area is 128 Å². The Hall–Kier alpha value is -1.28. The molecule has 0 amide bonds. The van der Waals surface area contributed by atoms with E-state index < -0.39 is 14.8 Å². The number of sulfone groups is 1. The van der Waals surface area contributed by atoms with E-state index in [2.05, 4.69) is 12.2 Å². The maximum Gasteiger partial charge on any atom is 0.288 e. The monoisotopic (exact) mass is 330 g/mol. The van der Waals surface area contributed by atoms with Crippen LogP contribution in [0.3, 0.4) is 0 Å². The van der Waals surface area contributed by atoms with Crippen molar-refractivity contribution in [2.45, 2.75) is 29.4 Å². The number of anilines is 1. The minimum Gasteiger partial charge on any atom is -0.384 e. The van der Waals surface area contributed by atoms with Crippen LogP contribution in [0.5, 0.6) is 0 Å². The van der Waals surface area contributed by atoms with Crippen molar-refractivity contribution in [2.24, 2.45) is 0 Å². The minimum absolute atomic E-state index is 0.132. The van der Waals surface area contributed by atoms with Gasteiger partial charge in [0.05, 0.1) is 4.92 Å². The molecule has 2 rings (SSSR count). The maximum atomic E-state index is 11.7. The molecule has 1 aliphatic heterocycles. The summed E-state index contributed by atoms with van der Waals surface area (Å²) < 4.78 is 23.5. The number of nitro groups is 1. The van der Waals surface area contributed by atoms with Gasteiger partial charge in [-0.05, 0) is 37.7 Å². The molecule has 1 saturated heterocycles. The van der Waals surface area contributed by atoms with E-state index in [9.17, 15) is 18.5 Å². The van der Waals surface area contributed by atoms with Crippen LogP contribution < -0.4 is 5.32 Å². The van der Waals surface area contributed by atoms with Gasteiger partial charge in [0.15, 0.2) is 9.84 Å². The number of benzene rings is 1. The van der Waals surface area contributed by atoms with Crippen LogP contribution in [0, 0.1) is 10.1 Å². The molecular formula is C13H18N2O4S2. The van der Waals surface area contributed by atoms with Crippen LogP contribution in [-0.2, 0) is 9.84 Å². The highest BCUT2D eigenvalue weighted by atomic mass is 32.2. The van der Waals surface area contributed by atoms with E-state index in [1.165, 1.54) is 18.6 Å². The van der Waals surface area contributed by atoms with Crippen LogP contribution in [0.4, 0.5) is 11.4 Å². The summed E-state index contributed by atoms with van der Waals surface area (Å²) >= 11 is 1.89. The quantitative estimate of drug-likeness (QED) is 0.659. The maximum absolute atomic E-state index is 11.7. The largest absolute Gasteiger partial charge is 0.384 e. The van der Waals surface area contributed by atoms with E-state index in [1.54, 1.807) is 6.07 Å². The summed E-state index contributed by atoms with van der Waals surface area (Å²) in [6.45, 7) is 2.87. The molecule has 0 aromatic heterocycles. The molecular weight excluding hydrogens is 312 g/mol. The molecule has 21 heavy (non-hydrogen) atoms. The summed E-state index contributed by atoms with van der Waals surface area (Å²) in [6, 6.07) is 4.13. The van der Waals surface area contributed by atoms with Crippen molar-refractivity contribution in [3.05, 3.63) is 28.3 Å². The second-order valence-electron chi connectivity index (χ2n) is 5.47. The Bertz CT molecular complexity index is 652. The van der Waals surface area contributed by atoms with Crippen LogP contribution in [0.25, 0.3) is 0 Å². The van der Waals surface area contributed by atoms with E-state index in [4.69, 9.17) is 0 Å². The Morgan fingerprint density at radius 1 is 1.48 bits per heavy atom. The molecule has 0 saturated carbocycles. The van der Waals surface area contributed by atoms with Crippen molar-refractivity contribution in [3.63, 3.8) is 0 Å². The molecule has 1 heterocycles. The highest BCUT2D eigenvalue weighted by molar-refractivity contribution is 8.00. The first-order valence-corrected chi connectivity index (χ1v) is 9.45. The van der Waals surface area contributed by atoms with E-state index in [0.717, 1.165) is 18.4 Å². The Kier molecular flexibility index (Phi) is 4.48. The summed E-state index contributed by atoms with van der Waals surface area (Å²) in [5, 5.41) is 14.1. The third-order valence-electron chi connectivity index (χ3n) is 3.52. The number of nitrogens with one attached hydrogen (secondary N) is 1. The number of thioether (sulfide) groups is 1. The molecule has 1 N–H and O–H groups in total. The predicted molar refractivity (Wildman–Crippen MR) is 84.8 cm³/mol. The zero-order valence-electron chi connectivity index (χ0n) is 12.0. The first-order valence-electron chi connectivity index (χ1n) is 6.58. The topological polar surface area (TPSA) is 89.3 Å². The molecule has 0 bridgehead atoms.